The molecule has 0 saturated carbocycles. The van der Waals surface area contributed by atoms with Crippen LogP contribution < -0.4 is 5.32 Å². The number of aliphatic hydroxyl groups excluding tert-OH is 1. The van der Waals surface area contributed by atoms with Gasteiger partial charge < -0.3 is 20.1 Å². The number of nitrogens with zero attached hydrogens (tertiary/aromatic N) is 1. The monoisotopic (exact) mass is 476 g/mol. The van der Waals surface area contributed by atoms with Gasteiger partial charge in [0.15, 0.2) is 0 Å². The van der Waals surface area contributed by atoms with Crippen LogP contribution in [-0.4, -0.2) is 47.1 Å². The van der Waals surface area contributed by atoms with Crippen molar-refractivity contribution < 1.29 is 23.8 Å². The van der Waals surface area contributed by atoms with Crippen LogP contribution in [0.4, 0.5) is 10.1 Å². The number of fused-ring (bicyclic) bond motifs is 1. The quantitative estimate of drug-likeness (QED) is 0.632. The van der Waals surface area contributed by atoms with E-state index in [1.165, 1.54) is 12.1 Å². The number of piperidine rings is 1. The molecule has 35 heavy (non-hydrogen) atoms. The normalized spacial score (nSPS) is 23.0. The van der Waals surface area contributed by atoms with Crippen molar-refractivity contribution in [2.75, 3.05) is 25.0 Å². The molecule has 1 atom stereocenters. The van der Waals surface area contributed by atoms with E-state index in [1.807, 2.05) is 49.1 Å². The summed E-state index contributed by atoms with van der Waals surface area (Å²) < 4.78 is 19.8. The third-order valence-corrected chi connectivity index (χ3v) is 7.05. The summed E-state index contributed by atoms with van der Waals surface area (Å²) in [5.41, 5.74) is 3.16. The van der Waals surface area contributed by atoms with Crippen LogP contribution in [0.15, 0.2) is 54.3 Å². The van der Waals surface area contributed by atoms with Crippen molar-refractivity contribution in [1.29, 1.82) is 0 Å². The van der Waals surface area contributed by atoms with Gasteiger partial charge in [0.05, 0.1) is 11.3 Å². The summed E-state index contributed by atoms with van der Waals surface area (Å²) in [5, 5.41) is 11.9. The summed E-state index contributed by atoms with van der Waals surface area (Å²) >= 11 is 0. The van der Waals surface area contributed by atoms with Crippen molar-refractivity contribution in [3.8, 4) is 0 Å². The average Bonchev–Trinajstić information content (AvgIpc) is 3.33. The summed E-state index contributed by atoms with van der Waals surface area (Å²) in [7, 11) is 0. The Kier molecular flexibility index (Phi) is 5.97. The highest BCUT2D eigenvalue weighted by Crippen LogP contribution is 2.44. The molecule has 0 aromatic heterocycles. The van der Waals surface area contributed by atoms with E-state index in [0.29, 0.717) is 40.6 Å². The van der Waals surface area contributed by atoms with Crippen LogP contribution in [0, 0.1) is 11.7 Å². The number of hydrogen-bond donors (Lipinski definition) is 2. The number of rotatable bonds is 4. The number of amides is 2. The molecule has 1 unspecified atom stereocenters. The fourth-order valence-electron chi connectivity index (χ4n) is 5.25. The Bertz CT molecular complexity index is 1240. The second-order valence-electron chi connectivity index (χ2n) is 9.90. The fraction of sp³-hybridized carbons (Fsp3) is 0.357. The number of hydrogen-bond acceptors (Lipinski definition) is 4. The van der Waals surface area contributed by atoms with Gasteiger partial charge in [0.25, 0.3) is 11.8 Å². The van der Waals surface area contributed by atoms with Crippen LogP contribution in [-0.2, 0) is 9.53 Å². The Hall–Kier alpha value is -3.45. The number of allylic oxidation sites excluding steroid dienone is 1. The molecule has 2 N–H and O–H groups in total. The number of halogens is 1. The van der Waals surface area contributed by atoms with Crippen molar-refractivity contribution in [3.05, 3.63) is 76.8 Å². The van der Waals surface area contributed by atoms with Gasteiger partial charge in [-0.25, -0.2) is 4.39 Å². The van der Waals surface area contributed by atoms with Gasteiger partial charge in [-0.2, -0.15) is 0 Å². The van der Waals surface area contributed by atoms with Crippen LogP contribution in [0.2, 0.25) is 0 Å². The van der Waals surface area contributed by atoms with Gasteiger partial charge in [-0.15, -0.1) is 0 Å². The summed E-state index contributed by atoms with van der Waals surface area (Å²) in [6.45, 7) is 5.42. The highest BCUT2D eigenvalue weighted by atomic mass is 19.1. The van der Waals surface area contributed by atoms with E-state index in [0.717, 1.165) is 36.9 Å². The molecule has 3 aliphatic rings. The number of nitrogens with one attached hydrogen (secondary N) is 1. The largest absolute Gasteiger partial charge is 0.482 e. The lowest BCUT2D eigenvalue weighted by Gasteiger charge is -2.32. The van der Waals surface area contributed by atoms with Gasteiger partial charge in [-0.1, -0.05) is 12.1 Å². The zero-order chi connectivity index (χ0) is 24.7. The zero-order valence-electron chi connectivity index (χ0n) is 19.9. The zero-order valence-corrected chi connectivity index (χ0v) is 19.9. The van der Waals surface area contributed by atoms with E-state index in [2.05, 4.69) is 5.32 Å². The first-order valence-corrected chi connectivity index (χ1v) is 12.0. The number of ether oxygens (including phenoxy) is 1. The minimum Gasteiger partial charge on any atom is -0.482 e. The SMILES string of the molecule is CC1(C)OC(=C2C(=O)Nc3cc(F)ccc32)C=C1c1ccc(C(=O)N2CCCC(CCO)C2)cc1. The third-order valence-electron chi connectivity index (χ3n) is 7.05. The van der Waals surface area contributed by atoms with E-state index in [-0.39, 0.29) is 18.4 Å². The number of carbonyl (C=O) groups excluding carboxylic acids is 2. The van der Waals surface area contributed by atoms with E-state index in [4.69, 9.17) is 4.74 Å². The predicted octanol–water partition coefficient (Wildman–Crippen LogP) is 4.62. The van der Waals surface area contributed by atoms with Crippen LogP contribution in [0.25, 0.3) is 11.1 Å². The van der Waals surface area contributed by atoms with E-state index >= 15 is 0 Å². The molecule has 0 bridgehead atoms. The third kappa shape index (κ3) is 4.36. The van der Waals surface area contributed by atoms with E-state index < -0.39 is 11.4 Å². The summed E-state index contributed by atoms with van der Waals surface area (Å²) in [4.78, 5) is 27.6. The minimum absolute atomic E-state index is 0.00405. The van der Waals surface area contributed by atoms with Crippen LogP contribution in [0.1, 0.15) is 54.6 Å². The van der Waals surface area contributed by atoms with E-state index in [1.54, 1.807) is 6.07 Å². The second-order valence-corrected chi connectivity index (χ2v) is 9.90. The standard InChI is InChI=1S/C28H29FN2O4/c1-28(2)22(15-24(35-28)25-21-10-9-20(29)14-23(21)30-26(25)33)18-5-7-19(8-6-18)27(34)31-12-3-4-17(16-31)11-13-32/h5-10,14-15,17,32H,3-4,11-13,16H2,1-2H3,(H,30,33). The van der Waals surface area contributed by atoms with Gasteiger partial charge >= 0.3 is 0 Å². The molecule has 2 aromatic carbocycles. The molecule has 2 aromatic rings. The number of aliphatic hydroxyl groups is 1. The summed E-state index contributed by atoms with van der Waals surface area (Å²) in [6, 6.07) is 11.7. The molecule has 0 radical (unpaired) electrons. The molecule has 0 spiro atoms. The first-order valence-electron chi connectivity index (χ1n) is 12.0. The molecular formula is C28H29FN2O4. The molecule has 7 heteroatoms. The highest BCUT2D eigenvalue weighted by molar-refractivity contribution is 6.32. The van der Waals surface area contributed by atoms with Crippen molar-refractivity contribution in [2.24, 2.45) is 5.92 Å². The lowest BCUT2D eigenvalue weighted by atomic mass is 9.91. The maximum atomic E-state index is 13.6. The van der Waals surface area contributed by atoms with Gasteiger partial charge in [-0.3, -0.25) is 9.59 Å². The summed E-state index contributed by atoms with van der Waals surface area (Å²) in [5.74, 6) is 0.0539. The van der Waals surface area contributed by atoms with Gasteiger partial charge in [-0.05, 0) is 81.0 Å². The highest BCUT2D eigenvalue weighted by Gasteiger charge is 2.38. The maximum absolute atomic E-state index is 13.6. The average molecular weight is 477 g/mol. The molecule has 2 amide bonds. The number of anilines is 1. The maximum Gasteiger partial charge on any atom is 0.260 e. The smallest absolute Gasteiger partial charge is 0.260 e. The van der Waals surface area contributed by atoms with Crippen molar-refractivity contribution >= 4 is 28.6 Å². The molecule has 182 valence electrons. The van der Waals surface area contributed by atoms with Crippen LogP contribution >= 0.6 is 0 Å². The molecule has 3 heterocycles. The first-order chi connectivity index (χ1) is 16.8. The molecule has 1 fully saturated rings. The lowest BCUT2D eigenvalue weighted by Crippen LogP contribution is -2.40. The molecule has 6 nitrogen and oxygen atoms in total. The predicted molar refractivity (Wildman–Crippen MR) is 132 cm³/mol. The molecular weight excluding hydrogens is 447 g/mol. The van der Waals surface area contributed by atoms with Crippen LogP contribution in [0.3, 0.4) is 0 Å². The minimum atomic E-state index is -0.693. The van der Waals surface area contributed by atoms with Gasteiger partial charge in [0.2, 0.25) is 0 Å². The van der Waals surface area contributed by atoms with Gasteiger partial charge in [0, 0.05) is 36.4 Å². The van der Waals surface area contributed by atoms with Gasteiger partial charge in [0.1, 0.15) is 17.2 Å². The number of benzene rings is 2. The molecule has 5 rings (SSSR count). The Balaban J connectivity index is 1.41. The molecule has 3 aliphatic heterocycles. The van der Waals surface area contributed by atoms with Crippen molar-refractivity contribution in [1.82, 2.24) is 4.90 Å². The molecule has 1 saturated heterocycles. The number of likely N-dealkylation sites (tertiary alicyclic amines) is 1. The van der Waals surface area contributed by atoms with E-state index in [9.17, 15) is 19.1 Å². The second kappa shape index (κ2) is 8.96. The Morgan fingerprint density at radius 3 is 2.74 bits per heavy atom. The van der Waals surface area contributed by atoms with Crippen molar-refractivity contribution in [2.45, 2.75) is 38.7 Å². The first kappa shape index (κ1) is 23.3. The summed E-state index contributed by atoms with van der Waals surface area (Å²) in [6.07, 6.45) is 4.57. The molecule has 0 aliphatic carbocycles. The number of carbonyl (C=O) groups is 2. The topological polar surface area (TPSA) is 78.9 Å². The lowest BCUT2D eigenvalue weighted by molar-refractivity contribution is -0.111. The van der Waals surface area contributed by atoms with Crippen molar-refractivity contribution in [3.63, 3.8) is 0 Å². The Morgan fingerprint density at radius 1 is 1.23 bits per heavy atom. The Morgan fingerprint density at radius 2 is 2.00 bits per heavy atom. The Labute approximate surface area is 204 Å². The fourth-order valence-corrected chi connectivity index (χ4v) is 5.25. The van der Waals surface area contributed by atoms with Crippen LogP contribution in [0.5, 0.6) is 0 Å².